The molecule has 16 heavy (non-hydrogen) atoms. The Hall–Kier alpha value is -0.190. The first kappa shape index (κ1) is 13.9. The topological polar surface area (TPSA) is 20.3 Å². The van der Waals surface area contributed by atoms with Gasteiger partial charge in [0.2, 0.25) is 0 Å². The molecule has 2 rings (SSSR count). The third kappa shape index (κ3) is 2.55. The van der Waals surface area contributed by atoms with E-state index in [2.05, 4.69) is 19.2 Å². The summed E-state index contributed by atoms with van der Waals surface area (Å²) >= 11 is 1.75. The molecule has 2 heterocycles. The fourth-order valence-corrected chi connectivity index (χ4v) is 4.47. The van der Waals surface area contributed by atoms with Gasteiger partial charge in [-0.1, -0.05) is 27.7 Å². The maximum absolute atomic E-state index is 11.9. The summed E-state index contributed by atoms with van der Waals surface area (Å²) in [5.41, 5.74) is 0. The van der Waals surface area contributed by atoms with E-state index in [1.807, 2.05) is 31.3 Å². The van der Waals surface area contributed by atoms with E-state index in [4.69, 9.17) is 0 Å². The van der Waals surface area contributed by atoms with Gasteiger partial charge < -0.3 is 0 Å². The fraction of sp³-hybridized carbons (Fsp3) is 0.667. The maximum Gasteiger partial charge on any atom is 0.128 e. The van der Waals surface area contributed by atoms with Crippen LogP contribution in [0.15, 0.2) is 16.3 Å². The molecule has 0 saturated heterocycles. The van der Waals surface area contributed by atoms with E-state index in [1.54, 1.807) is 11.3 Å². The van der Waals surface area contributed by atoms with Gasteiger partial charge in [0, 0.05) is 24.4 Å². The second-order valence-electron chi connectivity index (χ2n) is 4.06. The van der Waals surface area contributed by atoms with Crippen molar-refractivity contribution in [2.45, 2.75) is 38.5 Å². The second-order valence-corrected chi connectivity index (χ2v) is 6.57. The van der Waals surface area contributed by atoms with Crippen molar-refractivity contribution in [3.8, 4) is 0 Å². The molecule has 0 radical (unpaired) electrons. The van der Waals surface area contributed by atoms with Gasteiger partial charge in [-0.25, -0.2) is 8.51 Å². The van der Waals surface area contributed by atoms with Gasteiger partial charge in [0.1, 0.15) is 11.0 Å². The first-order valence-corrected chi connectivity index (χ1v) is 7.80. The molecule has 4 heteroatoms. The van der Waals surface area contributed by atoms with Crippen LogP contribution in [0.3, 0.4) is 0 Å². The van der Waals surface area contributed by atoms with Gasteiger partial charge in [-0.15, -0.1) is 11.3 Å². The zero-order valence-electron chi connectivity index (χ0n) is 10.7. The lowest BCUT2D eigenvalue weighted by atomic mass is 9.94. The summed E-state index contributed by atoms with van der Waals surface area (Å²) in [7, 11) is 1.01. The largest absolute Gasteiger partial charge is 0.237 e. The van der Waals surface area contributed by atoms with Gasteiger partial charge in [-0.2, -0.15) is 0 Å². The van der Waals surface area contributed by atoms with Gasteiger partial charge in [0.25, 0.3) is 0 Å². The quantitative estimate of drug-likeness (QED) is 0.756. The van der Waals surface area contributed by atoms with Crippen LogP contribution in [-0.4, -0.2) is 22.1 Å². The van der Waals surface area contributed by atoms with Crippen LogP contribution >= 0.6 is 11.3 Å². The molecule has 0 fully saturated rings. The number of rotatable bonds is 1. The molecule has 92 valence electrons. The highest BCUT2D eigenvalue weighted by atomic mass is 32.2. The van der Waals surface area contributed by atoms with Crippen LogP contribution in [0.1, 0.15) is 38.5 Å². The van der Waals surface area contributed by atoms with Crippen molar-refractivity contribution in [2.75, 3.05) is 13.6 Å². The fourth-order valence-electron chi connectivity index (χ4n) is 1.83. The third-order valence-electron chi connectivity index (χ3n) is 2.72. The van der Waals surface area contributed by atoms with E-state index < -0.39 is 11.0 Å². The van der Waals surface area contributed by atoms with E-state index in [0.29, 0.717) is 11.8 Å². The van der Waals surface area contributed by atoms with Crippen LogP contribution in [0.4, 0.5) is 0 Å². The summed E-state index contributed by atoms with van der Waals surface area (Å²) in [4.78, 5) is 2.36. The lowest BCUT2D eigenvalue weighted by Gasteiger charge is -2.31. The summed E-state index contributed by atoms with van der Waals surface area (Å²) in [6.07, 6.45) is 0. The molecule has 2 unspecified atom stereocenters. The van der Waals surface area contributed by atoms with Crippen molar-refractivity contribution in [1.82, 2.24) is 4.31 Å². The van der Waals surface area contributed by atoms with Crippen molar-refractivity contribution in [3.05, 3.63) is 16.3 Å². The molecule has 0 aliphatic carbocycles. The molecule has 0 bridgehead atoms. The highest BCUT2D eigenvalue weighted by Gasteiger charge is 2.31. The Morgan fingerprint density at radius 3 is 2.69 bits per heavy atom. The SMILES string of the molecule is CC.CC(C)C1CN(C)S(=O)c2ccsc21. The summed E-state index contributed by atoms with van der Waals surface area (Å²) < 4.78 is 13.8. The van der Waals surface area contributed by atoms with Gasteiger partial charge in [-0.05, 0) is 17.4 Å². The van der Waals surface area contributed by atoms with Crippen LogP contribution in [0.5, 0.6) is 0 Å². The molecule has 0 amide bonds. The van der Waals surface area contributed by atoms with E-state index in [-0.39, 0.29) is 0 Å². The van der Waals surface area contributed by atoms with Gasteiger partial charge >= 0.3 is 0 Å². The third-order valence-corrected chi connectivity index (χ3v) is 5.35. The molecule has 1 aromatic rings. The van der Waals surface area contributed by atoms with Gasteiger partial charge in [-0.3, -0.25) is 0 Å². The highest BCUT2D eigenvalue weighted by molar-refractivity contribution is 7.83. The van der Waals surface area contributed by atoms with Crippen LogP contribution in [0.2, 0.25) is 0 Å². The first-order chi connectivity index (χ1) is 7.61. The molecule has 1 aromatic heterocycles. The van der Waals surface area contributed by atoms with Crippen molar-refractivity contribution in [3.63, 3.8) is 0 Å². The Balaban J connectivity index is 0.000000606. The molecule has 0 saturated carbocycles. The minimum absolute atomic E-state index is 0.549. The lowest BCUT2D eigenvalue weighted by molar-refractivity contribution is 0.387. The molecule has 0 aromatic carbocycles. The van der Waals surface area contributed by atoms with E-state index in [0.717, 1.165) is 11.4 Å². The van der Waals surface area contributed by atoms with Crippen LogP contribution in [0.25, 0.3) is 0 Å². The minimum atomic E-state index is -0.922. The van der Waals surface area contributed by atoms with Crippen LogP contribution in [-0.2, 0) is 11.0 Å². The highest BCUT2D eigenvalue weighted by Crippen LogP contribution is 2.38. The van der Waals surface area contributed by atoms with Crippen molar-refractivity contribution >= 4 is 22.3 Å². The van der Waals surface area contributed by atoms with E-state index >= 15 is 0 Å². The number of thiophene rings is 1. The standard InChI is InChI=1S/C10H15NOS2.C2H6/c1-7(2)8-6-11(3)14(12)9-4-5-13-10(8)9;1-2/h4-5,7-8H,6H2,1-3H3;1-2H3. The van der Waals surface area contributed by atoms with Crippen LogP contribution < -0.4 is 0 Å². The lowest BCUT2D eigenvalue weighted by Crippen LogP contribution is -2.33. The predicted octanol–water partition coefficient (Wildman–Crippen LogP) is 3.48. The molecule has 1 aliphatic rings. The molecular weight excluding hydrogens is 238 g/mol. The summed E-state index contributed by atoms with van der Waals surface area (Å²) in [5.74, 6) is 1.17. The number of likely N-dealkylation sites (N-methyl/N-ethyl adjacent to an activating group) is 1. The minimum Gasteiger partial charge on any atom is -0.237 e. The van der Waals surface area contributed by atoms with E-state index in [1.165, 1.54) is 4.88 Å². The molecule has 2 nitrogen and oxygen atoms in total. The average molecular weight is 259 g/mol. The number of fused-ring (bicyclic) bond motifs is 1. The Morgan fingerprint density at radius 1 is 1.50 bits per heavy atom. The number of hydrogen-bond donors (Lipinski definition) is 0. The molecular formula is C12H21NOS2. The Kier molecular flexibility index (Phi) is 5.15. The smallest absolute Gasteiger partial charge is 0.128 e. The zero-order chi connectivity index (χ0) is 12.3. The summed E-state index contributed by atoms with van der Waals surface area (Å²) in [6.45, 7) is 9.38. The Bertz CT molecular complexity index is 360. The second kappa shape index (κ2) is 5.94. The molecule has 1 aliphatic heterocycles. The summed E-state index contributed by atoms with van der Waals surface area (Å²) in [5, 5.41) is 2.05. The predicted molar refractivity (Wildman–Crippen MR) is 72.3 cm³/mol. The average Bonchev–Trinajstić information content (AvgIpc) is 2.75. The Labute approximate surface area is 105 Å². The monoisotopic (exact) mass is 259 g/mol. The van der Waals surface area contributed by atoms with Crippen molar-refractivity contribution < 1.29 is 4.21 Å². The van der Waals surface area contributed by atoms with E-state index in [9.17, 15) is 4.21 Å². The number of hydrogen-bond acceptors (Lipinski definition) is 2. The Morgan fingerprint density at radius 2 is 2.12 bits per heavy atom. The first-order valence-electron chi connectivity index (χ1n) is 5.81. The zero-order valence-corrected chi connectivity index (χ0v) is 12.3. The van der Waals surface area contributed by atoms with Gasteiger partial charge in [0.05, 0.1) is 4.90 Å². The van der Waals surface area contributed by atoms with Crippen LogP contribution in [0, 0.1) is 5.92 Å². The van der Waals surface area contributed by atoms with Crippen molar-refractivity contribution in [2.24, 2.45) is 5.92 Å². The number of nitrogens with zero attached hydrogens (tertiary/aromatic N) is 1. The maximum atomic E-state index is 11.9. The summed E-state index contributed by atoms with van der Waals surface area (Å²) in [6, 6.07) is 2.00. The molecule has 2 atom stereocenters. The molecule has 0 N–H and O–H groups in total. The van der Waals surface area contributed by atoms with Gasteiger partial charge in [0.15, 0.2) is 0 Å². The molecule has 0 spiro atoms. The van der Waals surface area contributed by atoms with Crippen molar-refractivity contribution in [1.29, 1.82) is 0 Å². The normalized spacial score (nSPS) is 24.9.